The Balaban J connectivity index is 2.07. The van der Waals surface area contributed by atoms with Crippen molar-refractivity contribution in [3.8, 4) is 0 Å². The van der Waals surface area contributed by atoms with E-state index in [1.165, 1.54) is 0 Å². The Bertz CT molecular complexity index is 801. The second-order valence-electron chi connectivity index (χ2n) is 7.09. The second-order valence-corrected chi connectivity index (χ2v) is 7.09. The van der Waals surface area contributed by atoms with Gasteiger partial charge in [-0.25, -0.2) is 0 Å². The molecule has 0 saturated heterocycles. The SMILES string of the molecule is CCC=CCC=CCC=CCC=CCC=CCCCC(=O)Nc1cccc(C(N)=O)c1. The summed E-state index contributed by atoms with van der Waals surface area (Å²) in [6, 6.07) is 6.66. The lowest BCUT2D eigenvalue weighted by Gasteiger charge is -2.05. The molecule has 0 aliphatic rings. The van der Waals surface area contributed by atoms with Crippen LogP contribution in [0.4, 0.5) is 5.69 Å². The minimum absolute atomic E-state index is 0.0611. The molecule has 0 heterocycles. The number of unbranched alkanes of at least 4 members (excludes halogenated alkanes) is 1. The van der Waals surface area contributed by atoms with Gasteiger partial charge in [0.1, 0.15) is 0 Å². The topological polar surface area (TPSA) is 72.2 Å². The van der Waals surface area contributed by atoms with Crippen LogP contribution in [-0.4, -0.2) is 11.8 Å². The first-order valence-corrected chi connectivity index (χ1v) is 11.1. The van der Waals surface area contributed by atoms with Gasteiger partial charge in [0.15, 0.2) is 0 Å². The molecule has 0 bridgehead atoms. The van der Waals surface area contributed by atoms with Gasteiger partial charge < -0.3 is 11.1 Å². The highest BCUT2D eigenvalue weighted by atomic mass is 16.2. The number of amides is 2. The Kier molecular flexibility index (Phi) is 14.8. The standard InChI is InChI=1S/C27H36N2O2/c1-2-3-4-5-6-7-8-9-10-11-12-13-14-15-16-17-18-22-26(30)29-25-21-19-20-24(23-25)27(28)31/h3-4,6-7,9-10,12-13,15-16,19-21,23H,2,5,8,11,14,17-18,22H2,1H3,(H2,28,31)(H,29,30). The third-order valence-electron chi connectivity index (χ3n) is 4.36. The fourth-order valence-corrected chi connectivity index (χ4v) is 2.72. The molecule has 0 fully saturated rings. The Labute approximate surface area is 187 Å². The monoisotopic (exact) mass is 420 g/mol. The number of anilines is 1. The lowest BCUT2D eigenvalue weighted by Crippen LogP contribution is -2.14. The molecular formula is C27H36N2O2. The Morgan fingerprint density at radius 1 is 0.839 bits per heavy atom. The van der Waals surface area contributed by atoms with E-state index in [2.05, 4.69) is 73.0 Å². The number of allylic oxidation sites excluding steroid dienone is 10. The summed E-state index contributed by atoms with van der Waals surface area (Å²) in [6.45, 7) is 2.14. The van der Waals surface area contributed by atoms with Gasteiger partial charge in [0.2, 0.25) is 11.8 Å². The molecule has 0 spiro atoms. The minimum Gasteiger partial charge on any atom is -0.366 e. The van der Waals surface area contributed by atoms with Crippen LogP contribution < -0.4 is 11.1 Å². The number of hydrogen-bond acceptors (Lipinski definition) is 2. The number of benzene rings is 1. The van der Waals surface area contributed by atoms with E-state index in [0.29, 0.717) is 17.7 Å². The summed E-state index contributed by atoms with van der Waals surface area (Å²) in [5, 5.41) is 2.80. The lowest BCUT2D eigenvalue weighted by atomic mass is 10.1. The average molecular weight is 421 g/mol. The zero-order chi connectivity index (χ0) is 22.6. The molecule has 166 valence electrons. The smallest absolute Gasteiger partial charge is 0.248 e. The Morgan fingerprint density at radius 2 is 1.39 bits per heavy atom. The van der Waals surface area contributed by atoms with E-state index in [1.54, 1.807) is 24.3 Å². The molecule has 3 N–H and O–H groups in total. The third-order valence-corrected chi connectivity index (χ3v) is 4.36. The zero-order valence-corrected chi connectivity index (χ0v) is 18.6. The van der Waals surface area contributed by atoms with Crippen LogP contribution in [0, 0.1) is 0 Å². The highest BCUT2D eigenvalue weighted by Gasteiger charge is 2.04. The normalized spacial score (nSPS) is 12.2. The molecule has 2 amide bonds. The summed E-state index contributed by atoms with van der Waals surface area (Å²) >= 11 is 0. The van der Waals surface area contributed by atoms with Gasteiger partial charge >= 0.3 is 0 Å². The molecule has 4 nitrogen and oxygen atoms in total. The van der Waals surface area contributed by atoms with E-state index in [4.69, 9.17) is 5.73 Å². The van der Waals surface area contributed by atoms with Gasteiger partial charge in [-0.05, 0) is 63.1 Å². The van der Waals surface area contributed by atoms with Crippen molar-refractivity contribution in [2.24, 2.45) is 5.73 Å². The molecule has 0 unspecified atom stereocenters. The number of rotatable bonds is 15. The van der Waals surface area contributed by atoms with Gasteiger partial charge in [-0.2, -0.15) is 0 Å². The third kappa shape index (κ3) is 14.5. The molecule has 1 aromatic carbocycles. The van der Waals surface area contributed by atoms with Gasteiger partial charge in [0.05, 0.1) is 0 Å². The predicted molar refractivity (Wildman–Crippen MR) is 132 cm³/mol. The summed E-state index contributed by atoms with van der Waals surface area (Å²) in [5.74, 6) is -0.566. The molecule has 1 rings (SSSR count). The van der Waals surface area contributed by atoms with Gasteiger partial charge in [-0.3, -0.25) is 9.59 Å². The number of carbonyl (C=O) groups excluding carboxylic acids is 2. The van der Waals surface area contributed by atoms with E-state index in [-0.39, 0.29) is 5.91 Å². The van der Waals surface area contributed by atoms with Crippen molar-refractivity contribution < 1.29 is 9.59 Å². The van der Waals surface area contributed by atoms with Crippen LogP contribution in [0.25, 0.3) is 0 Å². The molecular weight excluding hydrogens is 384 g/mol. The lowest BCUT2D eigenvalue weighted by molar-refractivity contribution is -0.116. The van der Waals surface area contributed by atoms with Crippen molar-refractivity contribution in [1.29, 1.82) is 0 Å². The average Bonchev–Trinajstić information content (AvgIpc) is 2.76. The van der Waals surface area contributed by atoms with E-state index >= 15 is 0 Å². The first-order valence-electron chi connectivity index (χ1n) is 11.1. The van der Waals surface area contributed by atoms with Crippen LogP contribution in [0.15, 0.2) is 85.0 Å². The van der Waals surface area contributed by atoms with Crippen molar-refractivity contribution in [2.75, 3.05) is 5.32 Å². The van der Waals surface area contributed by atoms with Crippen LogP contribution in [0.3, 0.4) is 0 Å². The number of nitrogens with one attached hydrogen (secondary N) is 1. The summed E-state index contributed by atoms with van der Waals surface area (Å²) in [7, 11) is 0. The maximum atomic E-state index is 12.0. The second kappa shape index (κ2) is 17.7. The maximum absolute atomic E-state index is 12.0. The van der Waals surface area contributed by atoms with Gasteiger partial charge in [-0.1, -0.05) is 73.8 Å². The fraction of sp³-hybridized carbons (Fsp3) is 0.333. The van der Waals surface area contributed by atoms with Gasteiger partial charge in [-0.15, -0.1) is 0 Å². The molecule has 0 saturated carbocycles. The number of nitrogens with two attached hydrogens (primary N) is 1. The number of hydrogen-bond donors (Lipinski definition) is 2. The molecule has 31 heavy (non-hydrogen) atoms. The van der Waals surface area contributed by atoms with Crippen LogP contribution >= 0.6 is 0 Å². The van der Waals surface area contributed by atoms with Crippen LogP contribution in [0.5, 0.6) is 0 Å². The van der Waals surface area contributed by atoms with E-state index in [0.717, 1.165) is 44.9 Å². The Morgan fingerprint density at radius 3 is 1.94 bits per heavy atom. The summed E-state index contributed by atoms with van der Waals surface area (Å²) < 4.78 is 0. The van der Waals surface area contributed by atoms with Gasteiger partial charge in [0.25, 0.3) is 0 Å². The highest BCUT2D eigenvalue weighted by molar-refractivity contribution is 5.96. The van der Waals surface area contributed by atoms with Crippen LogP contribution in [-0.2, 0) is 4.79 Å². The van der Waals surface area contributed by atoms with Crippen molar-refractivity contribution in [1.82, 2.24) is 0 Å². The van der Waals surface area contributed by atoms with E-state index in [1.807, 2.05) is 0 Å². The predicted octanol–water partition coefficient (Wildman–Crippen LogP) is 6.65. The Hall–Kier alpha value is -3.14. The van der Waals surface area contributed by atoms with Crippen LogP contribution in [0.2, 0.25) is 0 Å². The van der Waals surface area contributed by atoms with Crippen molar-refractivity contribution in [3.63, 3.8) is 0 Å². The van der Waals surface area contributed by atoms with Crippen molar-refractivity contribution >= 4 is 17.5 Å². The number of carbonyl (C=O) groups is 2. The maximum Gasteiger partial charge on any atom is 0.248 e. The molecule has 0 aromatic heterocycles. The molecule has 0 radical (unpaired) electrons. The van der Waals surface area contributed by atoms with E-state index < -0.39 is 5.91 Å². The first kappa shape index (κ1) is 25.9. The summed E-state index contributed by atoms with van der Waals surface area (Å²) in [5.41, 5.74) is 6.23. The van der Waals surface area contributed by atoms with Crippen molar-refractivity contribution in [3.05, 3.63) is 90.6 Å². The molecule has 0 aliphatic heterocycles. The molecule has 4 heteroatoms. The quantitative estimate of drug-likeness (QED) is 0.246. The van der Waals surface area contributed by atoms with Gasteiger partial charge in [0, 0.05) is 17.7 Å². The summed E-state index contributed by atoms with van der Waals surface area (Å²) in [6.07, 6.45) is 28.8. The molecule has 0 aliphatic carbocycles. The summed E-state index contributed by atoms with van der Waals surface area (Å²) in [4.78, 5) is 23.2. The largest absolute Gasteiger partial charge is 0.366 e. The van der Waals surface area contributed by atoms with Crippen molar-refractivity contribution in [2.45, 2.75) is 58.3 Å². The fourth-order valence-electron chi connectivity index (χ4n) is 2.72. The minimum atomic E-state index is -0.505. The van der Waals surface area contributed by atoms with E-state index in [9.17, 15) is 9.59 Å². The van der Waals surface area contributed by atoms with Crippen LogP contribution in [0.1, 0.15) is 68.6 Å². The first-order chi connectivity index (χ1) is 15.1. The zero-order valence-electron chi connectivity index (χ0n) is 18.6. The highest BCUT2D eigenvalue weighted by Crippen LogP contribution is 2.11. The molecule has 1 aromatic rings. The molecule has 0 atom stereocenters. The number of primary amides is 1.